The molecule has 8 N–H and O–H groups in total. The molecule has 0 bridgehead atoms. The van der Waals surface area contributed by atoms with E-state index in [1.54, 1.807) is 13.8 Å². The maximum absolute atomic E-state index is 13.7. The van der Waals surface area contributed by atoms with E-state index in [0.29, 0.717) is 36.7 Å². The summed E-state index contributed by atoms with van der Waals surface area (Å²) in [6.45, 7) is 9.91. The Labute approximate surface area is 337 Å². The van der Waals surface area contributed by atoms with Crippen molar-refractivity contribution in [2.75, 3.05) is 6.61 Å². The Kier molecular flexibility index (Phi) is 10.5. The SMILES string of the molecule is CC1=CC[C@@H]([C@@H](C)[C@H]2CC[C@@]3(C)[C@@H]4CC[C@@H]5C6(CC[C@H](O[C@@H]7O[C@H](CO)[C@@H](O)[C@H](O)[C@H]7O[C@@H]7O[C@H](C(=O)O)[C@@H](O)[C@H](O)[C@H]7O)[C@@]5(C)C(=O)O)CC46CC[C@]23C)OC1=O. The first-order valence-electron chi connectivity index (χ1n) is 21.2. The summed E-state index contributed by atoms with van der Waals surface area (Å²) >= 11 is 0. The molecule has 5 aliphatic carbocycles. The molecule has 8 rings (SSSR count). The second-order valence-electron chi connectivity index (χ2n) is 19.9. The lowest BCUT2D eigenvalue weighted by molar-refractivity contribution is -0.374. The number of aliphatic hydroxyl groups is 6. The van der Waals surface area contributed by atoms with Gasteiger partial charge in [0, 0.05) is 12.0 Å². The molecule has 7 fully saturated rings. The third-order valence-electron chi connectivity index (χ3n) is 17.9. The quantitative estimate of drug-likeness (QED) is 0.121. The molecule has 0 aromatic rings. The Bertz CT molecular complexity index is 1690. The number of aliphatic carboxylic acids is 2. The van der Waals surface area contributed by atoms with Gasteiger partial charge < -0.3 is 64.5 Å². The molecule has 2 spiro atoms. The summed E-state index contributed by atoms with van der Waals surface area (Å²) in [5.41, 5.74) is -0.996. The lowest BCUT2D eigenvalue weighted by atomic mass is 9.41. The fraction of sp³-hybridized carbons (Fsp3) is 0.881. The maximum atomic E-state index is 13.7. The van der Waals surface area contributed by atoms with Gasteiger partial charge in [-0.05, 0) is 117 Å². The van der Waals surface area contributed by atoms with Crippen molar-refractivity contribution in [1.82, 2.24) is 0 Å². The van der Waals surface area contributed by atoms with Crippen molar-refractivity contribution in [2.24, 2.45) is 50.7 Å². The Morgan fingerprint density at radius 3 is 2.16 bits per heavy atom. The van der Waals surface area contributed by atoms with Crippen molar-refractivity contribution in [3.05, 3.63) is 11.6 Å². The van der Waals surface area contributed by atoms with E-state index in [1.165, 1.54) is 0 Å². The lowest BCUT2D eigenvalue weighted by Crippen LogP contribution is -2.66. The molecular weight excluding hydrogens is 760 g/mol. The molecule has 0 amide bonds. The zero-order valence-electron chi connectivity index (χ0n) is 33.9. The number of aliphatic hydroxyl groups excluding tert-OH is 6. The standard InChI is InChI=1S/C42H62O16/c1-18-6-7-21(54-34(18)51)19(2)20-10-12-39(4)23-8-9-24-40(5,37(52)53)25(11-13-41(24)17-42(23,41)15-14-38(20,39)3)56-36-32(28(46)26(44)22(16-43)55-36)58-35-30(48)27(45)29(47)31(57-35)33(49)50/h6,19-32,35-36,43-48H,7-17H2,1-5H3,(H,49,50)(H,52,53)/t19-,20+,21-,22+,23-,24-,25-,26+,27-,28-,29-,30+,31-,32+,35-,36-,38+,39-,40-,41?,42?/m0/s1. The average molecular weight is 823 g/mol. The van der Waals surface area contributed by atoms with Crippen LogP contribution in [0.5, 0.6) is 0 Å². The fourth-order valence-corrected chi connectivity index (χ4v) is 14.5. The zero-order valence-corrected chi connectivity index (χ0v) is 33.9. The van der Waals surface area contributed by atoms with Crippen molar-refractivity contribution in [2.45, 2.75) is 172 Å². The third-order valence-corrected chi connectivity index (χ3v) is 17.9. The van der Waals surface area contributed by atoms with Crippen LogP contribution in [0.3, 0.4) is 0 Å². The van der Waals surface area contributed by atoms with Crippen LogP contribution in [0.25, 0.3) is 0 Å². The second kappa shape index (κ2) is 14.4. The molecule has 0 aromatic heterocycles. The maximum Gasteiger partial charge on any atom is 0.335 e. The summed E-state index contributed by atoms with van der Waals surface area (Å²) in [7, 11) is 0. The number of cyclic esters (lactones) is 1. The first-order valence-corrected chi connectivity index (χ1v) is 21.2. The topological polar surface area (TPSA) is 259 Å². The summed E-state index contributed by atoms with van der Waals surface area (Å²) in [5.74, 6) is -2.23. The summed E-state index contributed by atoms with van der Waals surface area (Å²) in [6.07, 6.45) is -9.10. The van der Waals surface area contributed by atoms with E-state index in [4.69, 9.17) is 23.7 Å². The van der Waals surface area contributed by atoms with E-state index >= 15 is 0 Å². The van der Waals surface area contributed by atoms with Crippen molar-refractivity contribution >= 4 is 17.9 Å². The van der Waals surface area contributed by atoms with E-state index in [9.17, 15) is 55.2 Å². The van der Waals surface area contributed by atoms with Gasteiger partial charge in [-0.2, -0.15) is 0 Å². The minimum Gasteiger partial charge on any atom is -0.481 e. The first kappa shape index (κ1) is 42.4. The molecule has 2 saturated heterocycles. The zero-order chi connectivity index (χ0) is 42.1. The summed E-state index contributed by atoms with van der Waals surface area (Å²) in [4.78, 5) is 38.0. The van der Waals surface area contributed by atoms with E-state index in [1.807, 2.05) is 6.08 Å². The highest BCUT2D eigenvalue weighted by Gasteiger charge is 2.83. The van der Waals surface area contributed by atoms with Crippen molar-refractivity contribution in [3.63, 3.8) is 0 Å². The second-order valence-corrected chi connectivity index (χ2v) is 19.9. The van der Waals surface area contributed by atoms with Gasteiger partial charge in [0.05, 0.1) is 18.1 Å². The molecule has 326 valence electrons. The van der Waals surface area contributed by atoms with E-state index < -0.39 is 91.5 Å². The summed E-state index contributed by atoms with van der Waals surface area (Å²) in [5, 5.41) is 84.2. The van der Waals surface area contributed by atoms with E-state index in [0.717, 1.165) is 44.9 Å². The summed E-state index contributed by atoms with van der Waals surface area (Å²) in [6, 6.07) is 0. The third kappa shape index (κ3) is 5.79. The molecule has 16 heteroatoms. The number of esters is 1. The number of rotatable bonds is 9. The normalized spacial score (nSPS) is 54.2. The smallest absolute Gasteiger partial charge is 0.335 e. The molecule has 5 saturated carbocycles. The monoisotopic (exact) mass is 822 g/mol. The van der Waals surface area contributed by atoms with Gasteiger partial charge in [-0.3, -0.25) is 4.79 Å². The number of hydrogen-bond acceptors (Lipinski definition) is 14. The van der Waals surface area contributed by atoms with E-state index in [-0.39, 0.29) is 45.6 Å². The number of carboxylic acids is 2. The van der Waals surface area contributed by atoms with Gasteiger partial charge in [-0.25, -0.2) is 9.59 Å². The lowest BCUT2D eigenvalue weighted by Gasteiger charge is -2.63. The van der Waals surface area contributed by atoms with Crippen LogP contribution in [0, 0.1) is 50.7 Å². The molecule has 16 nitrogen and oxygen atoms in total. The number of fused-ring (bicyclic) bond motifs is 2. The van der Waals surface area contributed by atoms with Crippen molar-refractivity contribution in [3.8, 4) is 0 Å². The van der Waals surface area contributed by atoms with Gasteiger partial charge in [0.25, 0.3) is 0 Å². The van der Waals surface area contributed by atoms with Gasteiger partial charge in [0.1, 0.15) is 48.8 Å². The van der Waals surface area contributed by atoms with Gasteiger partial charge in [0.2, 0.25) is 0 Å². The Morgan fingerprint density at radius 1 is 0.810 bits per heavy atom. The van der Waals surface area contributed by atoms with Crippen molar-refractivity contribution in [1.29, 1.82) is 0 Å². The predicted octanol–water partition coefficient (Wildman–Crippen LogP) is 1.49. The molecule has 3 heterocycles. The average Bonchev–Trinajstić information content (AvgIpc) is 3.77. The van der Waals surface area contributed by atoms with Crippen LogP contribution >= 0.6 is 0 Å². The number of ether oxygens (including phenoxy) is 5. The Hall–Kier alpha value is -2.25. The molecule has 3 aliphatic heterocycles. The molecule has 0 radical (unpaired) electrons. The predicted molar refractivity (Wildman–Crippen MR) is 198 cm³/mol. The minimum atomic E-state index is -2.02. The molecule has 58 heavy (non-hydrogen) atoms. The number of carbonyl (C=O) groups excluding carboxylic acids is 1. The van der Waals surface area contributed by atoms with E-state index in [2.05, 4.69) is 20.8 Å². The minimum absolute atomic E-state index is 0.0157. The number of carbonyl (C=O) groups is 3. The molecule has 21 atom stereocenters. The fourth-order valence-electron chi connectivity index (χ4n) is 14.5. The van der Waals surface area contributed by atoms with Crippen LogP contribution in [0.4, 0.5) is 0 Å². The van der Waals surface area contributed by atoms with Crippen LogP contribution in [-0.4, -0.2) is 139 Å². The molecule has 2 unspecified atom stereocenters. The molecule has 8 aliphatic rings. The van der Waals surface area contributed by atoms with Gasteiger partial charge in [0.15, 0.2) is 18.7 Å². The van der Waals surface area contributed by atoms with Gasteiger partial charge >= 0.3 is 17.9 Å². The van der Waals surface area contributed by atoms with Gasteiger partial charge in [-0.15, -0.1) is 0 Å². The Balaban J connectivity index is 1.04. The number of hydrogen-bond donors (Lipinski definition) is 8. The van der Waals surface area contributed by atoms with Crippen LogP contribution in [0.15, 0.2) is 11.6 Å². The highest BCUT2D eigenvalue weighted by Crippen LogP contribution is 2.89. The number of carboxylic acid groups (broad SMARTS) is 2. The van der Waals surface area contributed by atoms with Crippen molar-refractivity contribution < 1.29 is 78.9 Å². The highest BCUT2D eigenvalue weighted by atomic mass is 16.8. The Morgan fingerprint density at radius 2 is 1.50 bits per heavy atom. The first-order chi connectivity index (χ1) is 27.2. The van der Waals surface area contributed by atoms with Crippen LogP contribution in [-0.2, 0) is 38.1 Å². The van der Waals surface area contributed by atoms with Crippen LogP contribution in [0.2, 0.25) is 0 Å². The van der Waals surface area contributed by atoms with Crippen LogP contribution in [0.1, 0.15) is 98.8 Å². The van der Waals surface area contributed by atoms with Crippen LogP contribution < -0.4 is 0 Å². The highest BCUT2D eigenvalue weighted by molar-refractivity contribution is 5.88. The van der Waals surface area contributed by atoms with Gasteiger partial charge in [-0.1, -0.05) is 26.8 Å². The summed E-state index contributed by atoms with van der Waals surface area (Å²) < 4.78 is 29.5. The molecular formula is C42H62O16. The largest absolute Gasteiger partial charge is 0.481 e. The molecule has 0 aromatic carbocycles.